The lowest BCUT2D eigenvalue weighted by molar-refractivity contribution is 0.315. The van der Waals surface area contributed by atoms with E-state index in [0.29, 0.717) is 5.56 Å². The Labute approximate surface area is 120 Å². The van der Waals surface area contributed by atoms with Crippen LogP contribution in [0, 0.1) is 18.7 Å². The molecule has 1 unspecified atom stereocenters. The van der Waals surface area contributed by atoms with Gasteiger partial charge in [0.05, 0.1) is 4.90 Å². The molecule has 114 valence electrons. The molecule has 1 aromatic rings. The molecule has 20 heavy (non-hydrogen) atoms. The quantitative estimate of drug-likeness (QED) is 0.907. The van der Waals surface area contributed by atoms with Gasteiger partial charge in [-0.15, -0.1) is 0 Å². The SMILES string of the molecule is Cc1c(F)cc(CN)cc1S(=O)(=O)N(C)C(C)C(C)C. The zero-order chi connectivity index (χ0) is 15.7. The number of sulfonamides is 1. The summed E-state index contributed by atoms with van der Waals surface area (Å²) in [6.45, 7) is 7.29. The van der Waals surface area contributed by atoms with E-state index in [0.717, 1.165) is 0 Å². The molecule has 1 atom stereocenters. The number of hydrogen-bond donors (Lipinski definition) is 1. The minimum atomic E-state index is -3.73. The predicted molar refractivity (Wildman–Crippen MR) is 78.3 cm³/mol. The second-order valence-electron chi connectivity index (χ2n) is 5.41. The van der Waals surface area contributed by atoms with Crippen molar-refractivity contribution < 1.29 is 12.8 Å². The van der Waals surface area contributed by atoms with Gasteiger partial charge < -0.3 is 5.73 Å². The number of rotatable bonds is 5. The molecule has 0 aliphatic rings. The fraction of sp³-hybridized carbons (Fsp3) is 0.571. The molecule has 0 bridgehead atoms. The summed E-state index contributed by atoms with van der Waals surface area (Å²) < 4.78 is 40.4. The first-order valence-electron chi connectivity index (χ1n) is 6.60. The molecule has 6 heteroatoms. The topological polar surface area (TPSA) is 63.4 Å². The molecule has 0 aromatic heterocycles. The van der Waals surface area contributed by atoms with Crippen molar-refractivity contribution in [3.8, 4) is 0 Å². The van der Waals surface area contributed by atoms with E-state index in [2.05, 4.69) is 0 Å². The molecule has 0 spiro atoms. The smallest absolute Gasteiger partial charge is 0.243 e. The number of halogens is 1. The van der Waals surface area contributed by atoms with Gasteiger partial charge in [-0.25, -0.2) is 12.8 Å². The minimum absolute atomic E-state index is 0.00653. The molecule has 0 aliphatic carbocycles. The Morgan fingerprint density at radius 2 is 1.85 bits per heavy atom. The Hall–Kier alpha value is -0.980. The molecule has 4 nitrogen and oxygen atoms in total. The molecule has 1 aromatic carbocycles. The predicted octanol–water partition coefficient (Wildman–Crippen LogP) is 2.26. The van der Waals surface area contributed by atoms with Crippen LogP contribution in [0.3, 0.4) is 0 Å². The maximum absolute atomic E-state index is 13.8. The molecule has 0 amide bonds. The van der Waals surface area contributed by atoms with Gasteiger partial charge in [-0.2, -0.15) is 4.31 Å². The maximum Gasteiger partial charge on any atom is 0.243 e. The molecular formula is C14H23FN2O2S. The molecule has 0 fully saturated rings. The lowest BCUT2D eigenvalue weighted by Gasteiger charge is -2.28. The third-order valence-electron chi connectivity index (χ3n) is 3.79. The van der Waals surface area contributed by atoms with Crippen LogP contribution in [0.5, 0.6) is 0 Å². The van der Waals surface area contributed by atoms with E-state index in [-0.39, 0.29) is 29.0 Å². The van der Waals surface area contributed by atoms with Gasteiger partial charge in [-0.1, -0.05) is 13.8 Å². The van der Waals surface area contributed by atoms with E-state index >= 15 is 0 Å². The third-order valence-corrected chi connectivity index (χ3v) is 5.86. The van der Waals surface area contributed by atoms with Crippen LogP contribution in [0.1, 0.15) is 31.9 Å². The van der Waals surface area contributed by atoms with E-state index in [1.165, 1.54) is 30.4 Å². The van der Waals surface area contributed by atoms with Gasteiger partial charge in [0.2, 0.25) is 10.0 Å². The van der Waals surface area contributed by atoms with Crippen molar-refractivity contribution in [1.29, 1.82) is 0 Å². The number of benzene rings is 1. The molecule has 0 heterocycles. The zero-order valence-electron chi connectivity index (χ0n) is 12.6. The van der Waals surface area contributed by atoms with Crippen LogP contribution in [0.15, 0.2) is 17.0 Å². The van der Waals surface area contributed by atoms with E-state index < -0.39 is 15.8 Å². The third kappa shape index (κ3) is 3.19. The molecule has 0 aliphatic heterocycles. The lowest BCUT2D eigenvalue weighted by atomic mass is 10.1. The van der Waals surface area contributed by atoms with Crippen LogP contribution < -0.4 is 5.73 Å². The van der Waals surface area contributed by atoms with Crippen LogP contribution in [-0.4, -0.2) is 25.8 Å². The van der Waals surface area contributed by atoms with E-state index in [1.54, 1.807) is 0 Å². The molecular weight excluding hydrogens is 279 g/mol. The monoisotopic (exact) mass is 302 g/mol. The largest absolute Gasteiger partial charge is 0.326 e. The summed E-state index contributed by atoms with van der Waals surface area (Å²) in [4.78, 5) is -0.00653. The van der Waals surface area contributed by atoms with Gasteiger partial charge in [0.15, 0.2) is 0 Å². The molecule has 0 saturated carbocycles. The maximum atomic E-state index is 13.8. The Bertz CT molecular complexity index is 585. The summed E-state index contributed by atoms with van der Waals surface area (Å²) in [6.07, 6.45) is 0. The van der Waals surface area contributed by atoms with Crippen molar-refractivity contribution in [3.63, 3.8) is 0 Å². The van der Waals surface area contributed by atoms with Crippen LogP contribution in [-0.2, 0) is 16.6 Å². The summed E-state index contributed by atoms with van der Waals surface area (Å²) in [5, 5.41) is 0. The summed E-state index contributed by atoms with van der Waals surface area (Å²) >= 11 is 0. The van der Waals surface area contributed by atoms with Crippen molar-refractivity contribution in [2.24, 2.45) is 11.7 Å². The van der Waals surface area contributed by atoms with Gasteiger partial charge in [0.1, 0.15) is 5.82 Å². The van der Waals surface area contributed by atoms with Crippen LogP contribution in [0.2, 0.25) is 0 Å². The van der Waals surface area contributed by atoms with E-state index in [4.69, 9.17) is 5.73 Å². The van der Waals surface area contributed by atoms with Crippen molar-refractivity contribution in [3.05, 3.63) is 29.1 Å². The highest BCUT2D eigenvalue weighted by atomic mass is 32.2. The summed E-state index contributed by atoms with van der Waals surface area (Å²) in [5.74, 6) is -0.380. The number of hydrogen-bond acceptors (Lipinski definition) is 3. The average molecular weight is 302 g/mol. The highest BCUT2D eigenvalue weighted by molar-refractivity contribution is 7.89. The van der Waals surface area contributed by atoms with Crippen molar-refractivity contribution in [1.82, 2.24) is 4.31 Å². The van der Waals surface area contributed by atoms with Crippen LogP contribution >= 0.6 is 0 Å². The van der Waals surface area contributed by atoms with Crippen molar-refractivity contribution in [2.45, 2.75) is 45.2 Å². The second kappa shape index (κ2) is 6.20. The number of nitrogens with two attached hydrogens (primary N) is 1. The Balaban J connectivity index is 3.39. The Morgan fingerprint density at radius 3 is 2.30 bits per heavy atom. The summed E-state index contributed by atoms with van der Waals surface area (Å²) in [7, 11) is -2.21. The minimum Gasteiger partial charge on any atom is -0.326 e. The van der Waals surface area contributed by atoms with Gasteiger partial charge >= 0.3 is 0 Å². The Morgan fingerprint density at radius 1 is 1.30 bits per heavy atom. The first-order valence-corrected chi connectivity index (χ1v) is 8.04. The first kappa shape index (κ1) is 17.1. The lowest BCUT2D eigenvalue weighted by Crippen LogP contribution is -2.38. The van der Waals surface area contributed by atoms with E-state index in [9.17, 15) is 12.8 Å². The second-order valence-corrected chi connectivity index (χ2v) is 7.38. The van der Waals surface area contributed by atoms with Gasteiger partial charge in [0, 0.05) is 25.2 Å². The van der Waals surface area contributed by atoms with E-state index in [1.807, 2.05) is 20.8 Å². The molecule has 1 rings (SSSR count). The molecule has 0 saturated heterocycles. The highest BCUT2D eigenvalue weighted by Gasteiger charge is 2.29. The number of nitrogens with zero attached hydrogens (tertiary/aromatic N) is 1. The standard InChI is InChI=1S/C14H23FN2O2S/c1-9(2)11(4)17(5)20(18,19)14-7-12(8-16)6-13(15)10(14)3/h6-7,9,11H,8,16H2,1-5H3. The fourth-order valence-corrected chi connectivity index (χ4v) is 3.66. The normalized spacial score (nSPS) is 14.1. The van der Waals surface area contributed by atoms with Gasteiger partial charge in [-0.05, 0) is 37.5 Å². The Kier molecular flexibility index (Phi) is 5.29. The van der Waals surface area contributed by atoms with Crippen molar-refractivity contribution in [2.75, 3.05) is 7.05 Å². The first-order chi connectivity index (χ1) is 9.12. The molecule has 0 radical (unpaired) electrons. The van der Waals surface area contributed by atoms with Crippen LogP contribution in [0.4, 0.5) is 4.39 Å². The zero-order valence-corrected chi connectivity index (χ0v) is 13.5. The van der Waals surface area contributed by atoms with Gasteiger partial charge in [-0.3, -0.25) is 0 Å². The van der Waals surface area contributed by atoms with Gasteiger partial charge in [0.25, 0.3) is 0 Å². The molecule has 2 N–H and O–H groups in total. The van der Waals surface area contributed by atoms with Crippen LogP contribution in [0.25, 0.3) is 0 Å². The summed E-state index contributed by atoms with van der Waals surface area (Å²) in [6, 6.07) is 2.56. The fourth-order valence-electron chi connectivity index (χ4n) is 1.89. The average Bonchev–Trinajstić information content (AvgIpc) is 2.39. The summed E-state index contributed by atoms with van der Waals surface area (Å²) in [5.41, 5.74) is 6.09. The van der Waals surface area contributed by atoms with Crippen molar-refractivity contribution >= 4 is 10.0 Å². The highest BCUT2D eigenvalue weighted by Crippen LogP contribution is 2.25.